The van der Waals surface area contributed by atoms with E-state index in [0.29, 0.717) is 5.15 Å². The average Bonchev–Trinajstić information content (AvgIpc) is 2.93. The van der Waals surface area contributed by atoms with Crippen molar-refractivity contribution in [3.05, 3.63) is 64.5 Å². The molecular weight excluding hydrogens is 350 g/mol. The molecule has 0 radical (unpaired) electrons. The Kier molecular flexibility index (Phi) is 4.69. The van der Waals surface area contributed by atoms with Gasteiger partial charge in [-0.1, -0.05) is 17.7 Å². The molecule has 1 unspecified atom stereocenters. The first-order valence-corrected chi connectivity index (χ1v) is 7.83. The lowest BCUT2D eigenvalue weighted by Gasteiger charge is -2.19. The van der Waals surface area contributed by atoms with Gasteiger partial charge in [-0.15, -0.1) is 0 Å². The zero-order valence-electron chi connectivity index (χ0n) is 13.5. The number of aryl methyl sites for hydroxylation is 1. The van der Waals surface area contributed by atoms with Crippen LogP contribution in [-0.2, 0) is 4.79 Å². The van der Waals surface area contributed by atoms with Gasteiger partial charge in [-0.05, 0) is 36.8 Å². The number of carbonyl (C=O) groups excluding carboxylic acids is 1. The molecule has 3 rings (SSSR count). The summed E-state index contributed by atoms with van der Waals surface area (Å²) < 4.78 is 27.4. The number of hydrogen-bond donors (Lipinski definition) is 2. The average molecular weight is 365 g/mol. The molecule has 2 N–H and O–H groups in total. The summed E-state index contributed by atoms with van der Waals surface area (Å²) in [5.41, 5.74) is 4.86. The Hall–Kier alpha value is -2.51. The molecule has 0 spiro atoms. The van der Waals surface area contributed by atoms with Gasteiger partial charge in [0.25, 0.3) is 0 Å². The fourth-order valence-electron chi connectivity index (χ4n) is 2.60. The van der Waals surface area contributed by atoms with E-state index >= 15 is 0 Å². The van der Waals surface area contributed by atoms with Crippen molar-refractivity contribution in [2.75, 3.05) is 12.4 Å². The monoisotopic (exact) mass is 364 g/mol. The molecule has 0 fully saturated rings. The smallest absolute Gasteiger partial charge is 0.247 e. The second-order valence-electron chi connectivity index (χ2n) is 5.63. The zero-order chi connectivity index (χ0) is 18.1. The number of nitrogens with zero attached hydrogens (tertiary/aromatic N) is 2. The number of nitrogens with one attached hydrogen (secondary N) is 2. The summed E-state index contributed by atoms with van der Waals surface area (Å²) in [4.78, 5) is 16.4. The van der Waals surface area contributed by atoms with Crippen molar-refractivity contribution in [1.82, 2.24) is 15.4 Å². The maximum atomic E-state index is 13.7. The van der Waals surface area contributed by atoms with Crippen molar-refractivity contribution in [3.63, 3.8) is 0 Å². The van der Waals surface area contributed by atoms with Gasteiger partial charge >= 0.3 is 0 Å². The molecule has 0 aliphatic carbocycles. The van der Waals surface area contributed by atoms with Crippen LogP contribution in [0.3, 0.4) is 0 Å². The third-order valence-electron chi connectivity index (χ3n) is 3.87. The molecular formula is C17H15ClF2N4O. The quantitative estimate of drug-likeness (QED) is 0.822. The zero-order valence-corrected chi connectivity index (χ0v) is 14.2. The van der Waals surface area contributed by atoms with E-state index in [2.05, 4.69) is 15.7 Å². The molecule has 8 heteroatoms. The number of aromatic nitrogens is 1. The first-order valence-electron chi connectivity index (χ1n) is 7.46. The van der Waals surface area contributed by atoms with Crippen molar-refractivity contribution >= 4 is 28.9 Å². The predicted octanol–water partition coefficient (Wildman–Crippen LogP) is 3.12. The summed E-state index contributed by atoms with van der Waals surface area (Å²) >= 11 is 5.86. The summed E-state index contributed by atoms with van der Waals surface area (Å²) in [6.07, 6.45) is 3.27. The number of amides is 1. The van der Waals surface area contributed by atoms with Crippen molar-refractivity contribution < 1.29 is 13.6 Å². The highest BCUT2D eigenvalue weighted by atomic mass is 35.5. The SMILES string of the molecule is Cc1cc(Cl)ncc1C1=CC(C(=O)Nc2c(F)cccc2F)NN1C. The maximum Gasteiger partial charge on any atom is 0.247 e. The Bertz CT molecular complexity index is 851. The maximum absolute atomic E-state index is 13.7. The number of para-hydroxylation sites is 1. The molecule has 2 heterocycles. The molecule has 5 nitrogen and oxygen atoms in total. The fourth-order valence-corrected chi connectivity index (χ4v) is 2.81. The van der Waals surface area contributed by atoms with E-state index < -0.39 is 29.3 Å². The van der Waals surface area contributed by atoms with Crippen LogP contribution in [0.5, 0.6) is 0 Å². The Morgan fingerprint density at radius 3 is 2.68 bits per heavy atom. The van der Waals surface area contributed by atoms with Crippen LogP contribution in [0, 0.1) is 18.6 Å². The second kappa shape index (κ2) is 6.78. The van der Waals surface area contributed by atoms with Gasteiger partial charge in [-0.25, -0.2) is 19.2 Å². The number of benzene rings is 1. The van der Waals surface area contributed by atoms with Crippen LogP contribution in [0.15, 0.2) is 36.5 Å². The minimum atomic E-state index is -0.832. The summed E-state index contributed by atoms with van der Waals surface area (Å²) in [5, 5.41) is 4.30. The second-order valence-corrected chi connectivity index (χ2v) is 6.01. The van der Waals surface area contributed by atoms with Crippen LogP contribution in [0.1, 0.15) is 11.1 Å². The van der Waals surface area contributed by atoms with Crippen molar-refractivity contribution in [2.45, 2.75) is 13.0 Å². The van der Waals surface area contributed by atoms with Crippen LogP contribution in [-0.4, -0.2) is 29.0 Å². The highest BCUT2D eigenvalue weighted by Gasteiger charge is 2.28. The molecule has 1 aliphatic heterocycles. The van der Waals surface area contributed by atoms with Gasteiger partial charge in [0.15, 0.2) is 0 Å². The number of rotatable bonds is 3. The van der Waals surface area contributed by atoms with E-state index in [-0.39, 0.29) is 0 Å². The van der Waals surface area contributed by atoms with E-state index in [4.69, 9.17) is 11.6 Å². The first-order chi connectivity index (χ1) is 11.9. The minimum absolute atomic E-state index is 0.375. The highest BCUT2D eigenvalue weighted by molar-refractivity contribution is 6.29. The lowest BCUT2D eigenvalue weighted by molar-refractivity contribution is -0.117. The first kappa shape index (κ1) is 17.3. The van der Waals surface area contributed by atoms with Crippen LogP contribution in [0.4, 0.5) is 14.5 Å². The lowest BCUT2D eigenvalue weighted by Crippen LogP contribution is -2.41. The van der Waals surface area contributed by atoms with Crippen LogP contribution < -0.4 is 10.7 Å². The van der Waals surface area contributed by atoms with Gasteiger partial charge in [0.2, 0.25) is 5.91 Å². The van der Waals surface area contributed by atoms with Gasteiger partial charge in [0.1, 0.15) is 28.5 Å². The third kappa shape index (κ3) is 3.47. The number of hydrazine groups is 1. The highest BCUT2D eigenvalue weighted by Crippen LogP contribution is 2.26. The van der Waals surface area contributed by atoms with Crippen molar-refractivity contribution in [3.8, 4) is 0 Å². The lowest BCUT2D eigenvalue weighted by atomic mass is 10.1. The Morgan fingerprint density at radius 1 is 1.36 bits per heavy atom. The number of pyridine rings is 1. The van der Waals surface area contributed by atoms with Gasteiger partial charge in [0, 0.05) is 18.8 Å². The van der Waals surface area contributed by atoms with Gasteiger partial charge in [-0.3, -0.25) is 4.79 Å². The van der Waals surface area contributed by atoms with Crippen LogP contribution in [0.25, 0.3) is 5.70 Å². The van der Waals surface area contributed by atoms with Gasteiger partial charge < -0.3 is 10.3 Å². The van der Waals surface area contributed by atoms with E-state index in [1.54, 1.807) is 30.4 Å². The number of halogens is 3. The molecule has 1 amide bonds. The molecule has 1 atom stereocenters. The number of anilines is 1. The van der Waals surface area contributed by atoms with E-state index in [1.165, 1.54) is 6.07 Å². The summed E-state index contributed by atoms with van der Waals surface area (Å²) in [7, 11) is 1.73. The number of carbonyl (C=O) groups is 1. The summed E-state index contributed by atoms with van der Waals surface area (Å²) in [6.45, 7) is 1.87. The van der Waals surface area contributed by atoms with Gasteiger partial charge in [0.05, 0.1) is 5.70 Å². The molecule has 0 saturated carbocycles. The van der Waals surface area contributed by atoms with E-state index in [0.717, 1.165) is 29.0 Å². The van der Waals surface area contributed by atoms with Gasteiger partial charge in [-0.2, -0.15) is 0 Å². The molecule has 0 bridgehead atoms. The standard InChI is InChI=1S/C17H15ClF2N4O/c1-9-6-15(18)21-8-10(9)14-7-13(23-24(14)2)17(25)22-16-11(19)4-3-5-12(16)20/h3-8,13,23H,1-2H3,(H,22,25). The molecule has 2 aromatic rings. The predicted molar refractivity (Wildman–Crippen MR) is 91.6 cm³/mol. The normalized spacial score (nSPS) is 16.8. The van der Waals surface area contributed by atoms with Crippen LogP contribution in [0.2, 0.25) is 5.15 Å². The molecule has 25 heavy (non-hydrogen) atoms. The van der Waals surface area contributed by atoms with Crippen molar-refractivity contribution in [1.29, 1.82) is 0 Å². The van der Waals surface area contributed by atoms with E-state index in [9.17, 15) is 13.6 Å². The Morgan fingerprint density at radius 2 is 2.04 bits per heavy atom. The Labute approximate surface area is 148 Å². The van der Waals surface area contributed by atoms with E-state index in [1.807, 2.05) is 6.92 Å². The molecule has 1 aliphatic rings. The molecule has 1 aromatic heterocycles. The minimum Gasteiger partial charge on any atom is -0.319 e. The summed E-state index contributed by atoms with van der Waals surface area (Å²) in [6, 6.07) is 4.33. The Balaban J connectivity index is 1.84. The molecule has 1 aromatic carbocycles. The fraction of sp³-hybridized carbons (Fsp3) is 0.176. The van der Waals surface area contributed by atoms with Crippen LogP contribution >= 0.6 is 11.6 Å². The topological polar surface area (TPSA) is 57.3 Å². The largest absolute Gasteiger partial charge is 0.319 e. The summed E-state index contributed by atoms with van der Waals surface area (Å²) in [5.74, 6) is -2.24. The van der Waals surface area contributed by atoms with Crippen molar-refractivity contribution in [2.24, 2.45) is 0 Å². The molecule has 130 valence electrons. The molecule has 0 saturated heterocycles. The third-order valence-corrected chi connectivity index (χ3v) is 4.07. The number of hydrogen-bond acceptors (Lipinski definition) is 4.